The van der Waals surface area contributed by atoms with Crippen molar-refractivity contribution in [3.8, 4) is 0 Å². The molecule has 0 spiro atoms. The van der Waals surface area contributed by atoms with Crippen molar-refractivity contribution >= 4 is 29.1 Å². The number of non-ortho nitro benzene ring substituents is 1. The quantitative estimate of drug-likeness (QED) is 0.389. The van der Waals surface area contributed by atoms with Crippen molar-refractivity contribution in [2.45, 2.75) is 38.5 Å². The number of nitro groups is 1. The third-order valence-electron chi connectivity index (χ3n) is 7.55. The van der Waals surface area contributed by atoms with Gasteiger partial charge in [0.1, 0.15) is 5.76 Å². The Bertz CT molecular complexity index is 1080. The van der Waals surface area contributed by atoms with E-state index in [1.165, 1.54) is 36.4 Å². The molecule has 0 saturated heterocycles. The zero-order chi connectivity index (χ0) is 21.2. The highest BCUT2D eigenvalue weighted by Gasteiger charge is 2.56. The summed E-state index contributed by atoms with van der Waals surface area (Å²) in [6.07, 6.45) is 10.6. The van der Waals surface area contributed by atoms with E-state index >= 15 is 0 Å². The molecule has 158 valence electrons. The summed E-state index contributed by atoms with van der Waals surface area (Å²) < 4.78 is 5.52. The maximum atomic E-state index is 13.5. The van der Waals surface area contributed by atoms with E-state index in [2.05, 4.69) is 0 Å². The Morgan fingerprint density at radius 3 is 2.26 bits per heavy atom. The first-order valence-corrected chi connectivity index (χ1v) is 10.9. The third kappa shape index (κ3) is 2.94. The van der Waals surface area contributed by atoms with Crippen molar-refractivity contribution in [2.24, 2.45) is 28.3 Å². The summed E-state index contributed by atoms with van der Waals surface area (Å²) in [4.78, 5) is 24.1. The summed E-state index contributed by atoms with van der Waals surface area (Å²) in [5.74, 6) is 2.61. The molecule has 7 heteroatoms. The third-order valence-corrected chi connectivity index (χ3v) is 7.55. The van der Waals surface area contributed by atoms with E-state index < -0.39 is 4.92 Å². The fourth-order valence-corrected chi connectivity index (χ4v) is 6.74. The Labute approximate surface area is 179 Å². The van der Waals surface area contributed by atoms with Gasteiger partial charge in [-0.1, -0.05) is 0 Å². The summed E-state index contributed by atoms with van der Waals surface area (Å²) in [5.41, 5.74) is 1.95. The summed E-state index contributed by atoms with van der Waals surface area (Å²) in [6, 6.07) is 9.65. The second kappa shape index (κ2) is 6.64. The minimum absolute atomic E-state index is 0.00738. The zero-order valence-corrected chi connectivity index (χ0v) is 17.1. The molecule has 31 heavy (non-hydrogen) atoms. The number of furan rings is 1. The predicted octanol–water partition coefficient (Wildman–Crippen LogP) is 5.19. The molecule has 0 radical (unpaired) electrons. The predicted molar refractivity (Wildman–Crippen MR) is 115 cm³/mol. The zero-order valence-electron chi connectivity index (χ0n) is 17.1. The lowest BCUT2D eigenvalue weighted by atomic mass is 9.48. The first kappa shape index (κ1) is 18.5. The summed E-state index contributed by atoms with van der Waals surface area (Å²) in [6.45, 7) is 0. The molecule has 7 nitrogen and oxygen atoms in total. The van der Waals surface area contributed by atoms with Gasteiger partial charge in [0.05, 0.1) is 28.2 Å². The van der Waals surface area contributed by atoms with Gasteiger partial charge >= 0.3 is 0 Å². The van der Waals surface area contributed by atoms with Gasteiger partial charge in [-0.05, 0) is 86.6 Å². The fourth-order valence-electron chi connectivity index (χ4n) is 6.74. The summed E-state index contributed by atoms with van der Waals surface area (Å²) >= 11 is 0. The molecule has 1 aliphatic heterocycles. The molecular formula is C24H23N3O4. The Morgan fingerprint density at radius 1 is 1.06 bits per heavy atom. The van der Waals surface area contributed by atoms with E-state index in [-0.39, 0.29) is 17.0 Å². The van der Waals surface area contributed by atoms with Gasteiger partial charge < -0.3 is 4.42 Å². The van der Waals surface area contributed by atoms with Crippen LogP contribution in [-0.4, -0.2) is 16.5 Å². The molecule has 7 rings (SSSR count). The SMILES string of the molecule is O=C1C(=Cc2ccco2)C(C23CC4CC(CC(C4)C2)C3)=NN1c1ccc([N+](=O)[O-])cc1. The lowest BCUT2D eigenvalue weighted by Crippen LogP contribution is -2.50. The Morgan fingerprint density at radius 2 is 1.71 bits per heavy atom. The Kier molecular flexibility index (Phi) is 3.97. The molecule has 4 bridgehead atoms. The average Bonchev–Trinajstić information content (AvgIpc) is 3.36. The van der Waals surface area contributed by atoms with Crippen LogP contribution in [-0.2, 0) is 4.79 Å². The number of hydrogen-bond donors (Lipinski definition) is 0. The number of anilines is 1. The number of benzene rings is 1. The van der Waals surface area contributed by atoms with Crippen molar-refractivity contribution in [3.63, 3.8) is 0 Å². The second-order valence-electron chi connectivity index (χ2n) is 9.61. The van der Waals surface area contributed by atoms with Crippen LogP contribution in [0.3, 0.4) is 0 Å². The van der Waals surface area contributed by atoms with Crippen molar-refractivity contribution < 1.29 is 14.1 Å². The first-order valence-electron chi connectivity index (χ1n) is 10.9. The number of hydrogen-bond acceptors (Lipinski definition) is 5. The number of nitro benzene ring substituents is 1. The molecule has 0 unspecified atom stereocenters. The number of amides is 1. The van der Waals surface area contributed by atoms with E-state index in [4.69, 9.17) is 9.52 Å². The van der Waals surface area contributed by atoms with Crippen molar-refractivity contribution in [2.75, 3.05) is 5.01 Å². The van der Waals surface area contributed by atoms with Gasteiger partial charge in [0.2, 0.25) is 0 Å². The van der Waals surface area contributed by atoms with E-state index in [0.29, 0.717) is 17.0 Å². The van der Waals surface area contributed by atoms with Crippen LogP contribution in [0.2, 0.25) is 0 Å². The smallest absolute Gasteiger partial charge is 0.280 e. The number of hydrazone groups is 1. The van der Waals surface area contributed by atoms with Gasteiger partial charge in [-0.15, -0.1) is 0 Å². The minimum atomic E-state index is -0.443. The summed E-state index contributed by atoms with van der Waals surface area (Å²) in [7, 11) is 0. The van der Waals surface area contributed by atoms with E-state index in [0.717, 1.165) is 42.7 Å². The molecule has 0 atom stereocenters. The first-order chi connectivity index (χ1) is 15.0. The molecular weight excluding hydrogens is 394 g/mol. The van der Waals surface area contributed by atoms with Gasteiger partial charge in [0.25, 0.3) is 11.6 Å². The molecule has 1 aromatic heterocycles. The molecule has 0 N–H and O–H groups in total. The number of carbonyl (C=O) groups excluding carboxylic acids is 1. The molecule has 4 saturated carbocycles. The normalized spacial score (nSPS) is 32.7. The lowest BCUT2D eigenvalue weighted by molar-refractivity contribution is -0.384. The maximum absolute atomic E-state index is 13.5. The van der Waals surface area contributed by atoms with Gasteiger partial charge in [-0.3, -0.25) is 14.9 Å². The highest BCUT2D eigenvalue weighted by atomic mass is 16.6. The highest BCUT2D eigenvalue weighted by Crippen LogP contribution is 2.61. The lowest BCUT2D eigenvalue weighted by Gasteiger charge is -2.56. The van der Waals surface area contributed by atoms with Crippen LogP contribution < -0.4 is 5.01 Å². The van der Waals surface area contributed by atoms with Crippen molar-refractivity contribution in [3.05, 3.63) is 64.1 Å². The highest BCUT2D eigenvalue weighted by molar-refractivity contribution is 6.34. The minimum Gasteiger partial charge on any atom is -0.465 e. The molecule has 4 fully saturated rings. The van der Waals surface area contributed by atoms with Crippen LogP contribution in [0.5, 0.6) is 0 Å². The average molecular weight is 417 g/mol. The van der Waals surface area contributed by atoms with E-state index in [9.17, 15) is 14.9 Å². The van der Waals surface area contributed by atoms with Crippen LogP contribution in [0.4, 0.5) is 11.4 Å². The van der Waals surface area contributed by atoms with Crippen LogP contribution >= 0.6 is 0 Å². The molecule has 4 aliphatic carbocycles. The monoisotopic (exact) mass is 417 g/mol. The van der Waals surface area contributed by atoms with Gasteiger partial charge in [0.15, 0.2) is 0 Å². The van der Waals surface area contributed by atoms with E-state index in [1.54, 1.807) is 24.5 Å². The topological polar surface area (TPSA) is 89.0 Å². The molecule has 5 aliphatic rings. The summed E-state index contributed by atoms with van der Waals surface area (Å²) in [5, 5.41) is 17.3. The standard InChI is InChI=1S/C24H23N3O4/c28-23-21(11-20-2-1-7-31-20)22(24-12-15-8-16(13-24)10-17(9-15)14-24)25-26(23)18-3-5-19(6-4-18)27(29)30/h1-7,11,15-17H,8-10,12-14H2. The van der Waals surface area contributed by atoms with Gasteiger partial charge in [-0.2, -0.15) is 10.1 Å². The van der Waals surface area contributed by atoms with Crippen LogP contribution in [0.25, 0.3) is 6.08 Å². The van der Waals surface area contributed by atoms with Crippen molar-refractivity contribution in [1.82, 2.24) is 0 Å². The number of carbonyl (C=O) groups is 1. The Hall–Kier alpha value is -3.22. The molecule has 1 amide bonds. The fraction of sp³-hybridized carbons (Fsp3) is 0.417. The maximum Gasteiger partial charge on any atom is 0.280 e. The van der Waals surface area contributed by atoms with E-state index in [1.807, 2.05) is 12.1 Å². The molecule has 2 heterocycles. The van der Waals surface area contributed by atoms with Crippen LogP contribution in [0.1, 0.15) is 44.3 Å². The second-order valence-corrected chi connectivity index (χ2v) is 9.61. The number of nitrogens with zero attached hydrogens (tertiary/aromatic N) is 3. The number of rotatable bonds is 4. The van der Waals surface area contributed by atoms with Gasteiger partial charge in [0, 0.05) is 17.5 Å². The largest absolute Gasteiger partial charge is 0.465 e. The molecule has 1 aromatic carbocycles. The van der Waals surface area contributed by atoms with Gasteiger partial charge in [-0.25, -0.2) is 0 Å². The van der Waals surface area contributed by atoms with Crippen LogP contribution in [0, 0.1) is 33.3 Å². The van der Waals surface area contributed by atoms with Crippen LogP contribution in [0.15, 0.2) is 57.8 Å². The Balaban J connectivity index is 1.44. The van der Waals surface area contributed by atoms with Crippen molar-refractivity contribution in [1.29, 1.82) is 0 Å². The molecule has 2 aromatic rings.